The minimum absolute atomic E-state index is 0.00106. The van der Waals surface area contributed by atoms with Gasteiger partial charge < -0.3 is 29.9 Å². The van der Waals surface area contributed by atoms with E-state index in [4.69, 9.17) is 34.6 Å². The van der Waals surface area contributed by atoms with Gasteiger partial charge in [0.15, 0.2) is 0 Å². The van der Waals surface area contributed by atoms with Crippen LogP contribution in [0.5, 0.6) is 5.75 Å². The standard InChI is InChI=1S/C25H29N3O2.C2H2O4/c1-2-27-13-15-28(16-14-27)25-23-9-5-3-8-21(23)19-22(26-25)12-11-20-7-4-6-10-24(20)30-18-17-29;3-1(4)2(5)6/h3-12,19,29H,2,13-18H2,1H3;(H,3,4)(H,5,6). The highest BCUT2D eigenvalue weighted by molar-refractivity contribution is 6.27. The number of aromatic nitrogens is 1. The van der Waals surface area contributed by atoms with Gasteiger partial charge in [-0.3, -0.25) is 0 Å². The van der Waals surface area contributed by atoms with Crippen LogP contribution in [-0.4, -0.2) is 83.1 Å². The molecule has 1 aromatic heterocycles. The van der Waals surface area contributed by atoms with E-state index in [1.54, 1.807) is 0 Å². The number of hydrogen-bond donors (Lipinski definition) is 3. The molecule has 3 N–H and O–H groups in total. The number of ether oxygens (including phenoxy) is 1. The number of benzene rings is 2. The first-order valence-corrected chi connectivity index (χ1v) is 11.8. The van der Waals surface area contributed by atoms with Crippen molar-refractivity contribution in [2.75, 3.05) is 50.8 Å². The SMILES string of the molecule is CCN1CCN(c2nc(C=Cc3ccccc3OCCO)cc3ccccc23)CC1.O=C(O)C(=O)O. The fourth-order valence-electron chi connectivity index (χ4n) is 3.88. The van der Waals surface area contributed by atoms with Gasteiger partial charge in [0.1, 0.15) is 18.2 Å². The van der Waals surface area contributed by atoms with Crippen LogP contribution in [0.15, 0.2) is 54.6 Å². The number of piperazine rings is 1. The number of carbonyl (C=O) groups is 2. The number of nitrogens with zero attached hydrogens (tertiary/aromatic N) is 3. The summed E-state index contributed by atoms with van der Waals surface area (Å²) < 4.78 is 5.65. The van der Waals surface area contributed by atoms with E-state index in [0.29, 0.717) is 0 Å². The molecule has 2 aromatic carbocycles. The summed E-state index contributed by atoms with van der Waals surface area (Å²) in [5, 5.41) is 26.2. The summed E-state index contributed by atoms with van der Waals surface area (Å²) in [5.74, 6) is -1.82. The van der Waals surface area contributed by atoms with Crippen LogP contribution in [0, 0.1) is 0 Å². The summed E-state index contributed by atoms with van der Waals surface area (Å²) >= 11 is 0. The second-order valence-corrected chi connectivity index (χ2v) is 8.07. The van der Waals surface area contributed by atoms with Crippen molar-refractivity contribution in [3.05, 3.63) is 65.9 Å². The number of likely N-dealkylation sites (N-methyl/N-ethyl adjacent to an activating group) is 1. The molecule has 0 unspecified atom stereocenters. The van der Waals surface area contributed by atoms with Gasteiger partial charge in [-0.15, -0.1) is 0 Å². The molecule has 4 rings (SSSR count). The van der Waals surface area contributed by atoms with Gasteiger partial charge in [0, 0.05) is 37.1 Å². The first-order valence-electron chi connectivity index (χ1n) is 11.8. The molecule has 0 atom stereocenters. The van der Waals surface area contributed by atoms with E-state index in [-0.39, 0.29) is 13.2 Å². The Morgan fingerprint density at radius 3 is 2.31 bits per heavy atom. The molecule has 0 bridgehead atoms. The molecular weight excluding hydrogens is 462 g/mol. The van der Waals surface area contributed by atoms with Crippen LogP contribution in [0.2, 0.25) is 0 Å². The lowest BCUT2D eigenvalue weighted by Gasteiger charge is -2.35. The van der Waals surface area contributed by atoms with Crippen molar-refractivity contribution in [2.24, 2.45) is 0 Å². The van der Waals surface area contributed by atoms with Gasteiger partial charge >= 0.3 is 11.9 Å². The van der Waals surface area contributed by atoms with Gasteiger partial charge in [-0.1, -0.05) is 49.4 Å². The van der Waals surface area contributed by atoms with Crippen LogP contribution in [0.4, 0.5) is 5.82 Å². The maximum absolute atomic E-state index is 9.10. The van der Waals surface area contributed by atoms with Crippen molar-refractivity contribution < 1.29 is 29.6 Å². The van der Waals surface area contributed by atoms with Gasteiger partial charge in [-0.25, -0.2) is 14.6 Å². The first kappa shape index (κ1) is 26.7. The van der Waals surface area contributed by atoms with Crippen molar-refractivity contribution in [1.82, 2.24) is 9.88 Å². The van der Waals surface area contributed by atoms with Gasteiger partial charge in [0.25, 0.3) is 0 Å². The molecule has 3 aromatic rings. The molecular formula is C27H31N3O6. The Morgan fingerprint density at radius 1 is 0.972 bits per heavy atom. The third kappa shape index (κ3) is 7.27. The summed E-state index contributed by atoms with van der Waals surface area (Å²) in [7, 11) is 0. The minimum Gasteiger partial charge on any atom is -0.491 e. The molecule has 190 valence electrons. The Morgan fingerprint density at radius 2 is 1.64 bits per heavy atom. The number of fused-ring (bicyclic) bond motifs is 1. The van der Waals surface area contributed by atoms with E-state index in [2.05, 4.69) is 47.1 Å². The summed E-state index contributed by atoms with van der Waals surface area (Å²) in [6, 6.07) is 18.5. The average molecular weight is 494 g/mol. The molecule has 0 amide bonds. The lowest BCUT2D eigenvalue weighted by Crippen LogP contribution is -2.46. The van der Waals surface area contributed by atoms with E-state index in [1.807, 2.05) is 36.4 Å². The number of aliphatic carboxylic acids is 2. The van der Waals surface area contributed by atoms with Crippen LogP contribution in [-0.2, 0) is 9.59 Å². The van der Waals surface area contributed by atoms with Gasteiger partial charge in [0.2, 0.25) is 0 Å². The number of hydrogen-bond acceptors (Lipinski definition) is 7. The topological polar surface area (TPSA) is 123 Å². The monoisotopic (exact) mass is 493 g/mol. The molecule has 1 fully saturated rings. The van der Waals surface area contributed by atoms with Crippen LogP contribution in [0.25, 0.3) is 22.9 Å². The third-order valence-corrected chi connectivity index (χ3v) is 5.74. The highest BCUT2D eigenvalue weighted by atomic mass is 16.5. The van der Waals surface area contributed by atoms with Crippen molar-refractivity contribution in [1.29, 1.82) is 0 Å². The molecule has 9 heteroatoms. The Kier molecular flexibility index (Phi) is 9.79. The number of rotatable bonds is 7. The molecule has 1 aliphatic heterocycles. The maximum Gasteiger partial charge on any atom is 0.414 e. The molecule has 0 spiro atoms. The zero-order valence-electron chi connectivity index (χ0n) is 20.2. The predicted octanol–water partition coefficient (Wildman–Crippen LogP) is 3.07. The largest absolute Gasteiger partial charge is 0.491 e. The smallest absolute Gasteiger partial charge is 0.414 e. The lowest BCUT2D eigenvalue weighted by atomic mass is 10.1. The highest BCUT2D eigenvalue weighted by Crippen LogP contribution is 2.28. The van der Waals surface area contributed by atoms with E-state index in [0.717, 1.165) is 55.5 Å². The second-order valence-electron chi connectivity index (χ2n) is 8.07. The number of aliphatic hydroxyl groups excluding tert-OH is 1. The molecule has 9 nitrogen and oxygen atoms in total. The lowest BCUT2D eigenvalue weighted by molar-refractivity contribution is -0.159. The molecule has 36 heavy (non-hydrogen) atoms. The number of anilines is 1. The number of carboxylic acids is 2. The van der Waals surface area contributed by atoms with Crippen LogP contribution in [0.1, 0.15) is 18.2 Å². The first-order chi connectivity index (χ1) is 17.4. The Hall–Kier alpha value is -3.95. The van der Waals surface area contributed by atoms with Gasteiger partial charge in [0.05, 0.1) is 12.3 Å². The maximum atomic E-state index is 9.10. The summed E-state index contributed by atoms with van der Waals surface area (Å²) in [6.45, 7) is 7.74. The number of para-hydroxylation sites is 1. The third-order valence-electron chi connectivity index (χ3n) is 5.74. The van der Waals surface area contributed by atoms with Crippen molar-refractivity contribution in [2.45, 2.75) is 6.92 Å². The number of pyridine rings is 1. The fraction of sp³-hybridized carbons (Fsp3) is 0.296. The quantitative estimate of drug-likeness (QED) is 0.426. The van der Waals surface area contributed by atoms with E-state index in [1.165, 1.54) is 10.8 Å². The molecule has 0 aliphatic carbocycles. The van der Waals surface area contributed by atoms with Crippen molar-refractivity contribution in [3.8, 4) is 5.75 Å². The molecule has 2 heterocycles. The van der Waals surface area contributed by atoms with Crippen LogP contribution < -0.4 is 9.64 Å². The normalized spacial score (nSPS) is 13.9. The number of carboxylic acid groups (broad SMARTS) is 2. The fourth-order valence-corrected chi connectivity index (χ4v) is 3.88. The molecule has 0 saturated carbocycles. The van der Waals surface area contributed by atoms with Gasteiger partial charge in [-0.05, 0) is 36.2 Å². The van der Waals surface area contributed by atoms with Gasteiger partial charge in [-0.2, -0.15) is 0 Å². The minimum atomic E-state index is -1.82. The van der Waals surface area contributed by atoms with E-state index in [9.17, 15) is 0 Å². The molecule has 0 radical (unpaired) electrons. The van der Waals surface area contributed by atoms with E-state index < -0.39 is 11.9 Å². The van der Waals surface area contributed by atoms with Crippen molar-refractivity contribution >= 4 is 40.7 Å². The molecule has 1 saturated heterocycles. The van der Waals surface area contributed by atoms with Crippen LogP contribution in [0.3, 0.4) is 0 Å². The summed E-state index contributed by atoms with van der Waals surface area (Å²) in [6.07, 6.45) is 4.07. The molecule has 1 aliphatic rings. The summed E-state index contributed by atoms with van der Waals surface area (Å²) in [4.78, 5) is 28.1. The van der Waals surface area contributed by atoms with Crippen molar-refractivity contribution in [3.63, 3.8) is 0 Å². The second kappa shape index (κ2) is 13.2. The Balaban J connectivity index is 0.000000538. The zero-order chi connectivity index (χ0) is 25.9. The highest BCUT2D eigenvalue weighted by Gasteiger charge is 2.19. The average Bonchev–Trinajstić information content (AvgIpc) is 2.91. The summed E-state index contributed by atoms with van der Waals surface area (Å²) in [5.41, 5.74) is 1.90. The Bertz CT molecular complexity index is 1190. The van der Waals surface area contributed by atoms with E-state index >= 15 is 0 Å². The Labute approximate surface area is 209 Å². The zero-order valence-corrected chi connectivity index (χ0v) is 20.2. The predicted molar refractivity (Wildman–Crippen MR) is 139 cm³/mol. The van der Waals surface area contributed by atoms with Crippen LogP contribution >= 0.6 is 0 Å². The number of aliphatic hydroxyl groups is 1.